The van der Waals surface area contributed by atoms with Gasteiger partial charge in [-0.2, -0.15) is 0 Å². The lowest BCUT2D eigenvalue weighted by Crippen LogP contribution is -2.00. The molecular formula is C39H22ClN3O. The summed E-state index contributed by atoms with van der Waals surface area (Å²) in [4.78, 5) is 15.2. The SMILES string of the molecule is Clc1ccc2ccc3oc4c(-c5nc(-c6ccc7ccccc7c6)nc(-c6cccc7ccccc67)n5)cccc4c3c2c1. The van der Waals surface area contributed by atoms with E-state index in [1.807, 2.05) is 66.7 Å². The molecule has 0 radical (unpaired) electrons. The zero-order chi connectivity index (χ0) is 29.2. The van der Waals surface area contributed by atoms with Crippen LogP contribution in [0, 0.1) is 0 Å². The van der Waals surface area contributed by atoms with E-state index in [0.29, 0.717) is 22.5 Å². The third-order valence-corrected chi connectivity index (χ3v) is 8.59. The highest BCUT2D eigenvalue weighted by Gasteiger charge is 2.19. The summed E-state index contributed by atoms with van der Waals surface area (Å²) in [7, 11) is 0. The summed E-state index contributed by atoms with van der Waals surface area (Å²) in [5.74, 6) is 1.77. The van der Waals surface area contributed by atoms with Crippen LogP contribution in [0.1, 0.15) is 0 Å². The Labute approximate surface area is 257 Å². The van der Waals surface area contributed by atoms with Crippen molar-refractivity contribution in [2.45, 2.75) is 0 Å². The lowest BCUT2D eigenvalue weighted by molar-refractivity contribution is 0.670. The van der Waals surface area contributed by atoms with Crippen molar-refractivity contribution in [3.8, 4) is 34.2 Å². The third-order valence-electron chi connectivity index (χ3n) is 8.36. The number of rotatable bonds is 3. The first kappa shape index (κ1) is 25.0. The smallest absolute Gasteiger partial charge is 0.167 e. The molecule has 0 spiro atoms. The van der Waals surface area contributed by atoms with Gasteiger partial charge in [-0.15, -0.1) is 0 Å². The zero-order valence-corrected chi connectivity index (χ0v) is 24.1. The van der Waals surface area contributed by atoms with Gasteiger partial charge in [0.2, 0.25) is 0 Å². The number of nitrogens with zero attached hydrogens (tertiary/aromatic N) is 3. The van der Waals surface area contributed by atoms with E-state index in [1.54, 1.807) is 0 Å². The molecule has 0 atom stereocenters. The molecule has 0 fully saturated rings. The van der Waals surface area contributed by atoms with E-state index in [-0.39, 0.29) is 0 Å². The highest BCUT2D eigenvalue weighted by atomic mass is 35.5. The van der Waals surface area contributed by atoms with Gasteiger partial charge in [0, 0.05) is 26.9 Å². The van der Waals surface area contributed by atoms with Crippen LogP contribution in [0.4, 0.5) is 0 Å². The van der Waals surface area contributed by atoms with Crippen molar-refractivity contribution in [1.82, 2.24) is 15.0 Å². The average Bonchev–Trinajstić information content (AvgIpc) is 3.47. The molecule has 2 aromatic heterocycles. The van der Waals surface area contributed by atoms with E-state index in [4.69, 9.17) is 31.0 Å². The van der Waals surface area contributed by atoms with Gasteiger partial charge in [-0.25, -0.2) is 15.0 Å². The Bertz CT molecular complexity index is 2580. The van der Waals surface area contributed by atoms with Crippen molar-refractivity contribution in [1.29, 1.82) is 0 Å². The third kappa shape index (κ3) is 3.96. The molecule has 2 heterocycles. The highest BCUT2D eigenvalue weighted by molar-refractivity contribution is 6.32. The number of para-hydroxylation sites is 1. The standard InChI is InChI=1S/C39H22ClN3O/c40-28-19-17-25-18-20-34-35(33(25)22-28)31-13-6-14-32(36(31)44-34)39-42-37(27-16-15-23-7-1-2-9-26(23)21-27)41-38(43-39)30-12-5-10-24-8-3-4-11-29(24)30/h1-22H. The van der Waals surface area contributed by atoms with Crippen LogP contribution in [0.25, 0.3) is 88.4 Å². The first-order valence-corrected chi connectivity index (χ1v) is 14.8. The lowest BCUT2D eigenvalue weighted by Gasteiger charge is -2.11. The molecule has 9 aromatic rings. The molecule has 9 rings (SSSR count). The number of fused-ring (bicyclic) bond motifs is 7. The molecule has 206 valence electrons. The summed E-state index contributed by atoms with van der Waals surface area (Å²) in [6, 6.07) is 45.4. The molecule has 4 nitrogen and oxygen atoms in total. The van der Waals surface area contributed by atoms with Crippen LogP contribution in [0.3, 0.4) is 0 Å². The number of hydrogen-bond acceptors (Lipinski definition) is 4. The fraction of sp³-hybridized carbons (Fsp3) is 0. The number of furan rings is 1. The van der Waals surface area contributed by atoms with Gasteiger partial charge in [-0.3, -0.25) is 0 Å². The van der Waals surface area contributed by atoms with E-state index >= 15 is 0 Å². The van der Waals surface area contributed by atoms with E-state index < -0.39 is 0 Å². The molecule has 0 aliphatic carbocycles. The van der Waals surface area contributed by atoms with Crippen LogP contribution in [0.2, 0.25) is 5.02 Å². The number of hydrogen-bond donors (Lipinski definition) is 0. The maximum absolute atomic E-state index is 6.56. The maximum Gasteiger partial charge on any atom is 0.167 e. The van der Waals surface area contributed by atoms with Crippen molar-refractivity contribution in [3.63, 3.8) is 0 Å². The van der Waals surface area contributed by atoms with Crippen LogP contribution in [-0.2, 0) is 0 Å². The Morgan fingerprint density at radius 1 is 0.455 bits per heavy atom. The fourth-order valence-corrected chi connectivity index (χ4v) is 6.43. The van der Waals surface area contributed by atoms with Gasteiger partial charge in [0.1, 0.15) is 11.2 Å². The molecule has 0 amide bonds. The largest absolute Gasteiger partial charge is 0.455 e. The molecule has 0 bridgehead atoms. The molecule has 7 aromatic carbocycles. The van der Waals surface area contributed by atoms with Gasteiger partial charge in [0.25, 0.3) is 0 Å². The van der Waals surface area contributed by atoms with E-state index in [9.17, 15) is 0 Å². The monoisotopic (exact) mass is 583 g/mol. The maximum atomic E-state index is 6.56. The van der Waals surface area contributed by atoms with Crippen molar-refractivity contribution in [2.24, 2.45) is 0 Å². The van der Waals surface area contributed by atoms with Crippen LogP contribution in [-0.4, -0.2) is 15.0 Å². The van der Waals surface area contributed by atoms with Crippen molar-refractivity contribution < 1.29 is 4.42 Å². The van der Waals surface area contributed by atoms with Crippen molar-refractivity contribution in [3.05, 3.63) is 138 Å². The molecule has 44 heavy (non-hydrogen) atoms. The Kier molecular flexibility index (Phi) is 5.52. The van der Waals surface area contributed by atoms with Gasteiger partial charge in [-0.1, -0.05) is 115 Å². The quantitative estimate of drug-likeness (QED) is 0.207. The fourth-order valence-electron chi connectivity index (χ4n) is 6.26. The molecule has 0 N–H and O–H groups in total. The second kappa shape index (κ2) is 9.73. The number of aromatic nitrogens is 3. The summed E-state index contributed by atoms with van der Waals surface area (Å²) in [5.41, 5.74) is 4.20. The van der Waals surface area contributed by atoms with Crippen molar-refractivity contribution >= 4 is 65.9 Å². The lowest BCUT2D eigenvalue weighted by atomic mass is 10.0. The van der Waals surface area contributed by atoms with Crippen LogP contribution < -0.4 is 0 Å². The van der Waals surface area contributed by atoms with Gasteiger partial charge < -0.3 is 4.42 Å². The Hall–Kier alpha value is -5.58. The molecule has 0 aliphatic heterocycles. The second-order valence-electron chi connectivity index (χ2n) is 11.0. The van der Waals surface area contributed by atoms with Crippen LogP contribution in [0.15, 0.2) is 138 Å². The molecule has 5 heteroatoms. The van der Waals surface area contributed by atoms with Gasteiger partial charge >= 0.3 is 0 Å². The zero-order valence-electron chi connectivity index (χ0n) is 23.3. The molecule has 0 saturated carbocycles. The Morgan fingerprint density at radius 3 is 2.00 bits per heavy atom. The minimum atomic E-state index is 0.554. The topological polar surface area (TPSA) is 51.8 Å². The molecule has 0 saturated heterocycles. The predicted molar refractivity (Wildman–Crippen MR) is 181 cm³/mol. The van der Waals surface area contributed by atoms with Gasteiger partial charge in [0.15, 0.2) is 17.5 Å². The minimum Gasteiger partial charge on any atom is -0.455 e. The first-order chi connectivity index (χ1) is 21.7. The second-order valence-corrected chi connectivity index (χ2v) is 11.4. The Morgan fingerprint density at radius 2 is 1.09 bits per heavy atom. The van der Waals surface area contributed by atoms with Crippen molar-refractivity contribution in [2.75, 3.05) is 0 Å². The summed E-state index contributed by atoms with van der Waals surface area (Å²) < 4.78 is 6.56. The molecule has 0 unspecified atom stereocenters. The summed E-state index contributed by atoms with van der Waals surface area (Å²) in [6.45, 7) is 0. The normalized spacial score (nSPS) is 11.8. The number of benzene rings is 7. The number of halogens is 1. The predicted octanol–water partition coefficient (Wildman–Crippen LogP) is 10.9. The Balaban J connectivity index is 1.33. The molecule has 0 aliphatic rings. The minimum absolute atomic E-state index is 0.554. The van der Waals surface area contributed by atoms with Crippen LogP contribution in [0.5, 0.6) is 0 Å². The van der Waals surface area contributed by atoms with Crippen LogP contribution >= 0.6 is 11.6 Å². The van der Waals surface area contributed by atoms with Gasteiger partial charge in [0.05, 0.1) is 5.56 Å². The van der Waals surface area contributed by atoms with Gasteiger partial charge in [-0.05, 0) is 62.6 Å². The highest BCUT2D eigenvalue weighted by Crippen LogP contribution is 2.40. The summed E-state index contributed by atoms with van der Waals surface area (Å²) >= 11 is 6.44. The summed E-state index contributed by atoms with van der Waals surface area (Å²) in [5, 5.41) is 9.37. The summed E-state index contributed by atoms with van der Waals surface area (Å²) in [6.07, 6.45) is 0. The van der Waals surface area contributed by atoms with E-state index in [0.717, 1.165) is 65.6 Å². The van der Waals surface area contributed by atoms with E-state index in [1.165, 1.54) is 5.39 Å². The average molecular weight is 584 g/mol. The molecular weight excluding hydrogens is 562 g/mol. The first-order valence-electron chi connectivity index (χ1n) is 14.5. The van der Waals surface area contributed by atoms with E-state index in [2.05, 4.69) is 66.7 Å².